The number of aliphatic hydroxyl groups is 1. The van der Waals surface area contributed by atoms with Crippen LogP contribution < -0.4 is 10.1 Å². The number of nitrogens with one attached hydrogen (secondary N) is 1. The van der Waals surface area contributed by atoms with Crippen LogP contribution in [0.2, 0.25) is 0 Å². The number of aryl methyl sites for hydroxylation is 1. The van der Waals surface area contributed by atoms with Crippen molar-refractivity contribution < 1.29 is 24.5 Å². The second-order valence-electron chi connectivity index (χ2n) is 4.28. The molecule has 1 atom stereocenters. The largest absolute Gasteiger partial charge is 0.484 e. The summed E-state index contributed by atoms with van der Waals surface area (Å²) in [5.41, 5.74) is 1.18. The summed E-state index contributed by atoms with van der Waals surface area (Å²) >= 11 is 0. The van der Waals surface area contributed by atoms with Crippen LogP contribution in [0.4, 0.5) is 0 Å². The smallest absolute Gasteiger partial charge is 0.332 e. The summed E-state index contributed by atoms with van der Waals surface area (Å²) in [6.45, 7) is 1.99. The van der Waals surface area contributed by atoms with Crippen LogP contribution in [-0.2, 0) is 16.0 Å². The van der Waals surface area contributed by atoms with Gasteiger partial charge < -0.3 is 20.3 Å². The number of hydrogen-bond acceptors (Lipinski definition) is 4. The number of benzene rings is 1. The molecule has 0 heterocycles. The summed E-state index contributed by atoms with van der Waals surface area (Å²) in [7, 11) is 0. The van der Waals surface area contributed by atoms with Gasteiger partial charge in [0.25, 0.3) is 5.91 Å². The predicted octanol–water partition coefficient (Wildman–Crippen LogP) is 0.580. The quantitative estimate of drug-likeness (QED) is 0.648. The molecule has 0 saturated heterocycles. The highest BCUT2D eigenvalue weighted by Crippen LogP contribution is 2.12. The van der Waals surface area contributed by atoms with Gasteiger partial charge in [-0.2, -0.15) is 0 Å². The Bertz CT molecular complexity index is 443. The van der Waals surface area contributed by atoms with Crippen LogP contribution in [0.1, 0.15) is 18.9 Å². The van der Waals surface area contributed by atoms with Crippen LogP contribution in [0.25, 0.3) is 0 Å². The molecule has 0 aliphatic heterocycles. The highest BCUT2D eigenvalue weighted by atomic mass is 16.5. The van der Waals surface area contributed by atoms with Gasteiger partial charge in [0.1, 0.15) is 5.75 Å². The van der Waals surface area contributed by atoms with E-state index in [0.29, 0.717) is 5.75 Å². The number of ether oxygens (including phenoxy) is 1. The fourth-order valence-electron chi connectivity index (χ4n) is 1.49. The molecule has 6 nitrogen and oxygen atoms in total. The molecule has 110 valence electrons. The molecule has 1 aromatic carbocycles. The number of rotatable bonds is 8. The van der Waals surface area contributed by atoms with Gasteiger partial charge in [0.05, 0.1) is 0 Å². The van der Waals surface area contributed by atoms with E-state index in [1.54, 1.807) is 12.1 Å². The first kappa shape index (κ1) is 16.0. The molecule has 1 amide bonds. The van der Waals surface area contributed by atoms with Crippen LogP contribution in [-0.4, -0.2) is 41.3 Å². The van der Waals surface area contributed by atoms with E-state index in [2.05, 4.69) is 12.2 Å². The van der Waals surface area contributed by atoms with Gasteiger partial charge in [-0.1, -0.05) is 19.1 Å². The van der Waals surface area contributed by atoms with Crippen molar-refractivity contribution in [2.45, 2.75) is 25.9 Å². The van der Waals surface area contributed by atoms with Crippen molar-refractivity contribution in [3.63, 3.8) is 0 Å². The third kappa shape index (κ3) is 5.71. The summed E-state index contributed by atoms with van der Waals surface area (Å²) in [6, 6.07) is 7.44. The molecule has 1 rings (SSSR count). The van der Waals surface area contributed by atoms with Crippen molar-refractivity contribution in [3.05, 3.63) is 29.8 Å². The third-order valence-corrected chi connectivity index (χ3v) is 2.73. The van der Waals surface area contributed by atoms with Crippen molar-refractivity contribution in [1.82, 2.24) is 5.32 Å². The van der Waals surface area contributed by atoms with Crippen LogP contribution in [0.3, 0.4) is 0 Å². The van der Waals surface area contributed by atoms with E-state index < -0.39 is 12.1 Å². The van der Waals surface area contributed by atoms with Crippen LogP contribution in [0, 0.1) is 0 Å². The maximum Gasteiger partial charge on any atom is 0.332 e. The van der Waals surface area contributed by atoms with Crippen molar-refractivity contribution in [1.29, 1.82) is 0 Å². The average molecular weight is 281 g/mol. The van der Waals surface area contributed by atoms with Gasteiger partial charge in [-0.15, -0.1) is 0 Å². The first-order valence-corrected chi connectivity index (χ1v) is 6.42. The number of carbonyl (C=O) groups is 2. The minimum Gasteiger partial charge on any atom is -0.484 e. The second-order valence-corrected chi connectivity index (χ2v) is 4.28. The lowest BCUT2D eigenvalue weighted by atomic mass is 10.2. The monoisotopic (exact) mass is 281 g/mol. The normalized spacial score (nSPS) is 11.7. The predicted molar refractivity (Wildman–Crippen MR) is 72.6 cm³/mol. The zero-order valence-electron chi connectivity index (χ0n) is 11.3. The Labute approximate surface area is 117 Å². The zero-order chi connectivity index (χ0) is 15.0. The highest BCUT2D eigenvalue weighted by Gasteiger charge is 2.12. The van der Waals surface area contributed by atoms with Gasteiger partial charge in [-0.25, -0.2) is 4.79 Å². The first-order chi connectivity index (χ1) is 9.52. The molecule has 0 aliphatic rings. The molecule has 0 fully saturated rings. The van der Waals surface area contributed by atoms with Crippen LogP contribution in [0.15, 0.2) is 24.3 Å². The molecule has 0 radical (unpaired) electrons. The number of carboxylic acids is 1. The standard InChI is InChI=1S/C14H19NO5/c1-2-10-3-5-11(6-4-10)20-9-13(17)15-8-7-12(16)14(18)19/h3-6,12,16H,2,7-9H2,1H3,(H,15,17)(H,18,19). The Balaban J connectivity index is 2.23. The van der Waals surface area contributed by atoms with Gasteiger partial charge in [0.2, 0.25) is 0 Å². The Morgan fingerprint density at radius 2 is 1.95 bits per heavy atom. The minimum atomic E-state index is -1.46. The van der Waals surface area contributed by atoms with Crippen LogP contribution >= 0.6 is 0 Å². The number of aliphatic carboxylic acids is 1. The van der Waals surface area contributed by atoms with E-state index in [1.807, 2.05) is 12.1 Å². The lowest BCUT2D eigenvalue weighted by molar-refractivity contribution is -0.147. The number of hydrogen-bond donors (Lipinski definition) is 3. The van der Waals surface area contributed by atoms with Gasteiger partial charge in [0.15, 0.2) is 12.7 Å². The number of carbonyl (C=O) groups excluding carboxylic acids is 1. The minimum absolute atomic E-state index is 0.0354. The molecule has 0 saturated carbocycles. The van der Waals surface area contributed by atoms with E-state index in [0.717, 1.165) is 6.42 Å². The molecule has 0 spiro atoms. The molecule has 3 N–H and O–H groups in total. The molecule has 1 aromatic rings. The first-order valence-electron chi connectivity index (χ1n) is 6.42. The fourth-order valence-corrected chi connectivity index (χ4v) is 1.49. The second kappa shape index (κ2) is 8.16. The van der Waals surface area contributed by atoms with Gasteiger partial charge in [0, 0.05) is 13.0 Å². The fraction of sp³-hybridized carbons (Fsp3) is 0.429. The summed E-state index contributed by atoms with van der Waals surface area (Å²) in [4.78, 5) is 21.8. The molecule has 20 heavy (non-hydrogen) atoms. The molecule has 0 aliphatic carbocycles. The van der Waals surface area contributed by atoms with Gasteiger partial charge in [-0.05, 0) is 24.1 Å². The van der Waals surface area contributed by atoms with E-state index in [1.165, 1.54) is 5.56 Å². The lowest BCUT2D eigenvalue weighted by Gasteiger charge is -2.09. The summed E-state index contributed by atoms with van der Waals surface area (Å²) in [5, 5.41) is 19.9. The van der Waals surface area contributed by atoms with Crippen molar-refractivity contribution in [3.8, 4) is 5.75 Å². The van der Waals surface area contributed by atoms with Crippen molar-refractivity contribution >= 4 is 11.9 Å². The van der Waals surface area contributed by atoms with Crippen molar-refractivity contribution in [2.24, 2.45) is 0 Å². The zero-order valence-corrected chi connectivity index (χ0v) is 11.3. The molecular weight excluding hydrogens is 262 g/mol. The maximum absolute atomic E-state index is 11.4. The number of carboxylic acid groups (broad SMARTS) is 1. The molecular formula is C14H19NO5. The number of amides is 1. The highest BCUT2D eigenvalue weighted by molar-refractivity contribution is 5.77. The molecule has 6 heteroatoms. The average Bonchev–Trinajstić information content (AvgIpc) is 2.45. The Morgan fingerprint density at radius 1 is 1.30 bits per heavy atom. The van der Waals surface area contributed by atoms with Crippen molar-refractivity contribution in [2.75, 3.05) is 13.2 Å². The van der Waals surface area contributed by atoms with Gasteiger partial charge >= 0.3 is 5.97 Å². The Kier molecular flexibility index (Phi) is 6.52. The lowest BCUT2D eigenvalue weighted by Crippen LogP contribution is -2.33. The number of aliphatic hydroxyl groups excluding tert-OH is 1. The van der Waals surface area contributed by atoms with E-state index in [-0.39, 0.29) is 25.5 Å². The maximum atomic E-state index is 11.4. The Hall–Kier alpha value is -2.08. The van der Waals surface area contributed by atoms with Crippen LogP contribution in [0.5, 0.6) is 5.75 Å². The summed E-state index contributed by atoms with van der Waals surface area (Å²) < 4.78 is 5.28. The van der Waals surface area contributed by atoms with E-state index in [4.69, 9.17) is 14.9 Å². The summed E-state index contributed by atoms with van der Waals surface area (Å²) in [6.07, 6.45) is -0.559. The summed E-state index contributed by atoms with van der Waals surface area (Å²) in [5.74, 6) is -1.06. The molecule has 1 unspecified atom stereocenters. The van der Waals surface area contributed by atoms with Gasteiger partial charge in [-0.3, -0.25) is 4.79 Å². The Morgan fingerprint density at radius 3 is 2.50 bits per heavy atom. The van der Waals surface area contributed by atoms with E-state index in [9.17, 15) is 9.59 Å². The molecule has 0 bridgehead atoms. The van der Waals surface area contributed by atoms with E-state index >= 15 is 0 Å². The molecule has 0 aromatic heterocycles. The third-order valence-electron chi connectivity index (χ3n) is 2.73. The topological polar surface area (TPSA) is 95.9 Å². The SMILES string of the molecule is CCc1ccc(OCC(=O)NCCC(O)C(=O)O)cc1.